The van der Waals surface area contributed by atoms with Crippen molar-refractivity contribution in [3.05, 3.63) is 124 Å². The molecule has 0 spiro atoms. The lowest BCUT2D eigenvalue weighted by molar-refractivity contribution is -0.188. The van der Waals surface area contributed by atoms with Crippen LogP contribution in [0.15, 0.2) is 102 Å². The summed E-state index contributed by atoms with van der Waals surface area (Å²) in [5, 5.41) is 34.0. The monoisotopic (exact) mass is 529 g/mol. The highest BCUT2D eigenvalue weighted by molar-refractivity contribution is 5.55. The minimum Gasteiger partial charge on any atom is -0.497 e. The first-order valence-electron chi connectivity index (χ1n) is 12.6. The van der Waals surface area contributed by atoms with Crippen LogP contribution < -0.4 is 16.2 Å². The maximum absolute atomic E-state index is 13.6. The zero-order valence-corrected chi connectivity index (χ0v) is 21.6. The summed E-state index contributed by atoms with van der Waals surface area (Å²) in [6.45, 7) is 1.46. The van der Waals surface area contributed by atoms with Crippen LogP contribution in [0.2, 0.25) is 0 Å². The fraction of sp³-hybridized carbons (Fsp3) is 0.267. The largest absolute Gasteiger partial charge is 0.497 e. The summed E-state index contributed by atoms with van der Waals surface area (Å²) in [5.41, 5.74) is 3.49. The molecule has 39 heavy (non-hydrogen) atoms. The van der Waals surface area contributed by atoms with Crippen LogP contribution >= 0.6 is 0 Å². The molecule has 1 unspecified atom stereocenters. The van der Waals surface area contributed by atoms with E-state index >= 15 is 0 Å². The van der Waals surface area contributed by atoms with Gasteiger partial charge in [-0.1, -0.05) is 72.8 Å². The Morgan fingerprint density at radius 2 is 1.49 bits per heavy atom. The minimum absolute atomic E-state index is 0.0130. The number of nitrogens with zero attached hydrogens (tertiary/aromatic N) is 2. The zero-order valence-electron chi connectivity index (χ0n) is 21.6. The van der Waals surface area contributed by atoms with Gasteiger partial charge in [-0.05, 0) is 41.8 Å². The Morgan fingerprint density at radius 1 is 0.949 bits per heavy atom. The highest BCUT2D eigenvalue weighted by atomic mass is 16.6. The number of aliphatic hydroxyl groups excluding tert-OH is 3. The molecule has 1 saturated heterocycles. The average molecular weight is 530 g/mol. The lowest BCUT2D eigenvalue weighted by atomic mass is 9.60. The number of benzene rings is 3. The van der Waals surface area contributed by atoms with Crippen LogP contribution in [0.1, 0.15) is 23.6 Å². The van der Waals surface area contributed by atoms with E-state index in [1.165, 1.54) is 23.8 Å². The third kappa shape index (κ3) is 4.02. The highest BCUT2D eigenvalue weighted by Gasteiger charge is 2.69. The topological polar surface area (TPSA) is 140 Å². The van der Waals surface area contributed by atoms with E-state index in [2.05, 4.69) is 4.98 Å². The van der Waals surface area contributed by atoms with Crippen molar-refractivity contribution in [3.63, 3.8) is 0 Å². The number of ether oxygens (including phenoxy) is 2. The molecule has 1 aliphatic rings. The quantitative estimate of drug-likeness (QED) is 0.267. The van der Waals surface area contributed by atoms with Gasteiger partial charge in [-0.2, -0.15) is 4.98 Å². The number of aliphatic hydroxyl groups is 3. The molecule has 1 aliphatic heterocycles. The van der Waals surface area contributed by atoms with Gasteiger partial charge in [0.25, 0.3) is 0 Å². The third-order valence-corrected chi connectivity index (χ3v) is 7.51. The second kappa shape index (κ2) is 10.3. The Hall–Kier alpha value is -4.02. The first-order chi connectivity index (χ1) is 18.8. The fourth-order valence-corrected chi connectivity index (χ4v) is 5.84. The molecule has 3 aromatic carbocycles. The summed E-state index contributed by atoms with van der Waals surface area (Å²) in [6.07, 6.45) is -4.29. The molecule has 0 amide bonds. The smallest absolute Gasteiger partial charge is 0.351 e. The molecule has 1 aromatic heterocycles. The number of hydrogen-bond acceptors (Lipinski definition) is 8. The van der Waals surface area contributed by atoms with Crippen LogP contribution in [0.25, 0.3) is 0 Å². The predicted molar refractivity (Wildman–Crippen MR) is 145 cm³/mol. The highest BCUT2D eigenvalue weighted by Crippen LogP contribution is 2.57. The van der Waals surface area contributed by atoms with Gasteiger partial charge in [0.1, 0.15) is 29.9 Å². The number of anilines is 1. The number of rotatable bonds is 7. The van der Waals surface area contributed by atoms with E-state index in [-0.39, 0.29) is 5.82 Å². The Balaban J connectivity index is 2.01. The summed E-state index contributed by atoms with van der Waals surface area (Å²) in [4.78, 5) is 17.6. The van der Waals surface area contributed by atoms with Crippen molar-refractivity contribution in [1.82, 2.24) is 9.55 Å². The van der Waals surface area contributed by atoms with Gasteiger partial charge in [0.15, 0.2) is 5.72 Å². The van der Waals surface area contributed by atoms with Crippen molar-refractivity contribution < 1.29 is 24.8 Å². The molecular weight excluding hydrogens is 498 g/mol. The molecule has 9 nitrogen and oxygen atoms in total. The molecule has 0 aliphatic carbocycles. The molecule has 5 atom stereocenters. The maximum atomic E-state index is 13.6. The SMILES string of the molecule is COc1ccc(C(c2ccccc2)(c2ccccc2)[C@@]2(n3ccc(N)nc3=O)O[C@H](C(C)O)[C@@H](O)[C@H]2O)cc1. The van der Waals surface area contributed by atoms with E-state index in [0.29, 0.717) is 22.4 Å². The van der Waals surface area contributed by atoms with Gasteiger partial charge in [-0.25, -0.2) is 4.79 Å². The summed E-state index contributed by atoms with van der Waals surface area (Å²) >= 11 is 0. The molecule has 5 rings (SSSR count). The standard InChI is InChI=1S/C30H31N3O6/c1-19(34)26-25(35)27(36)30(39-26,33-18-17-24(31)32-28(33)37)29(20-9-5-3-6-10-20,21-11-7-4-8-12-21)22-13-15-23(38-2)16-14-22/h3-19,25-27,34-36H,1-2H3,(H2,31,32,37)/t19?,25-,26-,27-,30+/m1/s1. The molecule has 5 N–H and O–H groups in total. The summed E-state index contributed by atoms with van der Waals surface area (Å²) in [6, 6.07) is 27.2. The minimum atomic E-state index is -2.04. The zero-order chi connectivity index (χ0) is 27.8. The van der Waals surface area contributed by atoms with E-state index < -0.39 is 41.2 Å². The predicted octanol–water partition coefficient (Wildman–Crippen LogP) is 2.02. The Kier molecular flexibility index (Phi) is 7.00. The number of nitrogens with two attached hydrogens (primary N) is 1. The first kappa shape index (κ1) is 26.6. The second-order valence-electron chi connectivity index (χ2n) is 9.67. The number of hydrogen-bond donors (Lipinski definition) is 4. The summed E-state index contributed by atoms with van der Waals surface area (Å²) in [7, 11) is 1.56. The third-order valence-electron chi connectivity index (χ3n) is 7.51. The second-order valence-corrected chi connectivity index (χ2v) is 9.67. The molecule has 9 heteroatoms. The van der Waals surface area contributed by atoms with Crippen LogP contribution in [0.3, 0.4) is 0 Å². The van der Waals surface area contributed by atoms with Gasteiger partial charge in [-0.3, -0.25) is 4.57 Å². The van der Waals surface area contributed by atoms with E-state index in [1.807, 2.05) is 72.8 Å². The molecule has 202 valence electrons. The lowest BCUT2D eigenvalue weighted by Crippen LogP contribution is -2.64. The summed E-state index contributed by atoms with van der Waals surface area (Å²) in [5.74, 6) is 0.588. The molecule has 0 saturated carbocycles. The van der Waals surface area contributed by atoms with Crippen molar-refractivity contribution in [2.45, 2.75) is 42.5 Å². The molecular formula is C30H31N3O6. The van der Waals surface area contributed by atoms with Crippen molar-refractivity contribution in [3.8, 4) is 5.75 Å². The first-order valence-corrected chi connectivity index (χ1v) is 12.6. The van der Waals surface area contributed by atoms with Gasteiger partial charge < -0.3 is 30.5 Å². The van der Waals surface area contributed by atoms with Crippen LogP contribution in [0.5, 0.6) is 5.75 Å². The van der Waals surface area contributed by atoms with Crippen molar-refractivity contribution >= 4 is 5.82 Å². The van der Waals surface area contributed by atoms with E-state index in [4.69, 9.17) is 15.2 Å². The van der Waals surface area contributed by atoms with Gasteiger partial charge in [-0.15, -0.1) is 0 Å². The van der Waals surface area contributed by atoms with Gasteiger partial charge in [0.2, 0.25) is 0 Å². The lowest BCUT2D eigenvalue weighted by Gasteiger charge is -2.51. The molecule has 2 heterocycles. The Morgan fingerprint density at radius 3 is 1.95 bits per heavy atom. The van der Waals surface area contributed by atoms with Crippen LogP contribution in [-0.4, -0.2) is 56.4 Å². The number of nitrogen functional groups attached to an aromatic ring is 1. The van der Waals surface area contributed by atoms with Crippen LogP contribution in [0, 0.1) is 0 Å². The van der Waals surface area contributed by atoms with Crippen molar-refractivity contribution in [2.75, 3.05) is 12.8 Å². The Bertz CT molecular complexity index is 1440. The summed E-state index contributed by atoms with van der Waals surface area (Å²) < 4.78 is 13.2. The average Bonchev–Trinajstić information content (AvgIpc) is 3.22. The molecule has 0 radical (unpaired) electrons. The van der Waals surface area contributed by atoms with E-state index in [1.54, 1.807) is 19.2 Å². The van der Waals surface area contributed by atoms with Gasteiger partial charge >= 0.3 is 5.69 Å². The van der Waals surface area contributed by atoms with Gasteiger partial charge in [0, 0.05) is 6.20 Å². The molecule has 4 aromatic rings. The molecule has 0 bridgehead atoms. The molecule has 1 fully saturated rings. The normalized spacial score (nSPS) is 23.9. The van der Waals surface area contributed by atoms with Crippen LogP contribution in [0.4, 0.5) is 5.82 Å². The van der Waals surface area contributed by atoms with Gasteiger partial charge in [0.05, 0.1) is 18.6 Å². The van der Waals surface area contributed by atoms with Crippen LogP contribution in [-0.2, 0) is 15.9 Å². The van der Waals surface area contributed by atoms with Crippen molar-refractivity contribution in [1.29, 1.82) is 0 Å². The van der Waals surface area contributed by atoms with E-state index in [9.17, 15) is 20.1 Å². The maximum Gasteiger partial charge on any atom is 0.351 e. The van der Waals surface area contributed by atoms with E-state index in [0.717, 1.165) is 0 Å². The van der Waals surface area contributed by atoms with Crippen molar-refractivity contribution in [2.24, 2.45) is 0 Å². The number of aromatic nitrogens is 2. The fourth-order valence-electron chi connectivity index (χ4n) is 5.84. The Labute approximate surface area is 225 Å². The number of methoxy groups -OCH3 is 1.